The number of nitrogen functional groups attached to an aromatic ring is 1. The van der Waals surface area contributed by atoms with E-state index in [0.29, 0.717) is 23.5 Å². The maximum atomic E-state index is 12.0. The van der Waals surface area contributed by atoms with E-state index in [1.54, 1.807) is 25.3 Å². The lowest BCUT2D eigenvalue weighted by atomic mass is 10.1. The monoisotopic (exact) mass is 259 g/mol. The highest BCUT2D eigenvalue weighted by Crippen LogP contribution is 2.19. The van der Waals surface area contributed by atoms with Crippen molar-refractivity contribution in [2.45, 2.75) is 6.54 Å². The number of aryl methyl sites for hydroxylation is 1. The van der Waals surface area contributed by atoms with Crippen LogP contribution in [0.25, 0.3) is 0 Å². The van der Waals surface area contributed by atoms with E-state index in [9.17, 15) is 4.79 Å². The highest BCUT2D eigenvalue weighted by Gasteiger charge is 2.10. The molecule has 0 unspecified atom stereocenters. The van der Waals surface area contributed by atoms with Crippen LogP contribution in [0.5, 0.6) is 5.75 Å². The molecule has 19 heavy (non-hydrogen) atoms. The Bertz CT molecular complexity index is 590. The van der Waals surface area contributed by atoms with Gasteiger partial charge in [-0.15, -0.1) is 0 Å². The molecule has 0 atom stereocenters. The third-order valence-electron chi connectivity index (χ3n) is 2.85. The second-order valence-electron chi connectivity index (χ2n) is 4.32. The Morgan fingerprint density at radius 3 is 2.79 bits per heavy atom. The van der Waals surface area contributed by atoms with Crippen LogP contribution in [0.3, 0.4) is 0 Å². The van der Waals surface area contributed by atoms with Gasteiger partial charge in [-0.05, 0) is 23.8 Å². The number of ether oxygens (including phenoxy) is 1. The minimum absolute atomic E-state index is 0.191. The van der Waals surface area contributed by atoms with Crippen LogP contribution in [0.4, 0.5) is 5.69 Å². The number of anilines is 1. The van der Waals surface area contributed by atoms with E-state index in [0.717, 1.165) is 5.56 Å². The normalized spacial score (nSPS) is 10.2. The molecule has 0 spiro atoms. The maximum Gasteiger partial charge on any atom is 0.253 e. The summed E-state index contributed by atoms with van der Waals surface area (Å²) < 4.78 is 6.98. The Balaban J connectivity index is 2.03. The minimum Gasteiger partial charge on any atom is -0.497 e. The quantitative estimate of drug-likeness (QED) is 0.818. The summed E-state index contributed by atoms with van der Waals surface area (Å²) in [6.45, 7) is 0.477. The summed E-state index contributed by atoms with van der Waals surface area (Å²) in [5.74, 6) is 0.445. The first-order valence-electron chi connectivity index (χ1n) is 5.92. The molecule has 2 rings (SSSR count). The molecule has 0 radical (unpaired) electrons. The lowest BCUT2D eigenvalue weighted by Gasteiger charge is -2.08. The van der Waals surface area contributed by atoms with E-state index in [-0.39, 0.29) is 5.91 Å². The van der Waals surface area contributed by atoms with Gasteiger partial charge < -0.3 is 20.4 Å². The lowest BCUT2D eigenvalue weighted by Crippen LogP contribution is -2.23. The molecule has 1 aromatic heterocycles. The van der Waals surface area contributed by atoms with E-state index in [1.807, 2.05) is 30.1 Å². The fourth-order valence-electron chi connectivity index (χ4n) is 1.82. The molecule has 0 bridgehead atoms. The summed E-state index contributed by atoms with van der Waals surface area (Å²) in [7, 11) is 3.50. The Morgan fingerprint density at radius 1 is 1.42 bits per heavy atom. The van der Waals surface area contributed by atoms with Crippen LogP contribution in [0.1, 0.15) is 15.9 Å². The average Bonchev–Trinajstić information content (AvgIpc) is 2.81. The van der Waals surface area contributed by atoms with E-state index < -0.39 is 0 Å². The van der Waals surface area contributed by atoms with Crippen molar-refractivity contribution < 1.29 is 9.53 Å². The van der Waals surface area contributed by atoms with Crippen LogP contribution >= 0.6 is 0 Å². The van der Waals surface area contributed by atoms with Crippen LogP contribution < -0.4 is 15.8 Å². The van der Waals surface area contributed by atoms with Gasteiger partial charge in [0.05, 0.1) is 12.7 Å². The Labute approximate surface area is 112 Å². The van der Waals surface area contributed by atoms with Gasteiger partial charge in [-0.3, -0.25) is 4.79 Å². The molecule has 0 saturated carbocycles. The summed E-state index contributed by atoms with van der Waals surface area (Å²) in [6, 6.07) is 6.97. The predicted octanol–water partition coefficient (Wildman–Crippen LogP) is 1.55. The molecule has 0 aliphatic heterocycles. The number of nitrogens with two attached hydrogens (primary N) is 1. The molecule has 1 aromatic carbocycles. The highest BCUT2D eigenvalue weighted by molar-refractivity contribution is 5.99. The third-order valence-corrected chi connectivity index (χ3v) is 2.85. The maximum absolute atomic E-state index is 12.0. The average molecular weight is 259 g/mol. The second-order valence-corrected chi connectivity index (χ2v) is 4.32. The van der Waals surface area contributed by atoms with Gasteiger partial charge in [0, 0.05) is 37.7 Å². The fourth-order valence-corrected chi connectivity index (χ4v) is 1.82. The summed E-state index contributed by atoms with van der Waals surface area (Å²) in [5.41, 5.74) is 7.73. The van der Waals surface area contributed by atoms with Crippen molar-refractivity contribution in [3.8, 4) is 5.75 Å². The molecule has 0 saturated heterocycles. The van der Waals surface area contributed by atoms with Crippen molar-refractivity contribution in [3.05, 3.63) is 47.8 Å². The molecule has 5 nitrogen and oxygen atoms in total. The molecule has 0 aliphatic rings. The van der Waals surface area contributed by atoms with Gasteiger partial charge in [0.15, 0.2) is 0 Å². The van der Waals surface area contributed by atoms with Crippen LogP contribution in [0.2, 0.25) is 0 Å². The van der Waals surface area contributed by atoms with E-state index >= 15 is 0 Å². The molecule has 0 aliphatic carbocycles. The molecule has 1 amide bonds. The summed E-state index contributed by atoms with van der Waals surface area (Å²) in [5, 5.41) is 2.83. The van der Waals surface area contributed by atoms with Gasteiger partial charge in [-0.2, -0.15) is 0 Å². The number of aromatic nitrogens is 1. The van der Waals surface area contributed by atoms with Gasteiger partial charge >= 0.3 is 0 Å². The second kappa shape index (κ2) is 5.48. The lowest BCUT2D eigenvalue weighted by molar-refractivity contribution is 0.0952. The molecule has 100 valence electrons. The third kappa shape index (κ3) is 3.07. The van der Waals surface area contributed by atoms with Gasteiger partial charge in [-0.25, -0.2) is 0 Å². The minimum atomic E-state index is -0.191. The zero-order valence-electron chi connectivity index (χ0n) is 11.0. The smallest absolute Gasteiger partial charge is 0.253 e. The number of hydrogen-bond donors (Lipinski definition) is 2. The first-order chi connectivity index (χ1) is 9.10. The first kappa shape index (κ1) is 13.0. The number of carbonyl (C=O) groups excluding carboxylic acids is 1. The van der Waals surface area contributed by atoms with Gasteiger partial charge in [0.2, 0.25) is 0 Å². The number of hydrogen-bond acceptors (Lipinski definition) is 3. The summed E-state index contributed by atoms with van der Waals surface area (Å²) >= 11 is 0. The molecule has 5 heteroatoms. The molecule has 2 aromatic rings. The number of benzene rings is 1. The first-order valence-corrected chi connectivity index (χ1v) is 5.92. The molecule has 3 N–H and O–H groups in total. The van der Waals surface area contributed by atoms with Crippen LogP contribution in [0, 0.1) is 0 Å². The predicted molar refractivity (Wildman–Crippen MR) is 74.0 cm³/mol. The SMILES string of the molecule is COc1ccc(C(=O)NCc2ccn(C)c2)c(N)c1. The number of rotatable bonds is 4. The summed E-state index contributed by atoms with van der Waals surface area (Å²) in [6.07, 6.45) is 3.89. The Morgan fingerprint density at radius 2 is 2.21 bits per heavy atom. The van der Waals surface area contributed by atoms with Crippen molar-refractivity contribution in [1.82, 2.24) is 9.88 Å². The van der Waals surface area contributed by atoms with E-state index in [4.69, 9.17) is 10.5 Å². The van der Waals surface area contributed by atoms with Gasteiger partial charge in [0.25, 0.3) is 5.91 Å². The standard InChI is InChI=1S/C14H17N3O2/c1-17-6-5-10(9-17)8-16-14(18)12-4-3-11(19-2)7-13(12)15/h3-7,9H,8,15H2,1-2H3,(H,16,18). The largest absolute Gasteiger partial charge is 0.497 e. The van der Waals surface area contributed by atoms with Crippen molar-refractivity contribution >= 4 is 11.6 Å². The number of nitrogens with one attached hydrogen (secondary N) is 1. The highest BCUT2D eigenvalue weighted by atomic mass is 16.5. The number of amides is 1. The van der Waals surface area contributed by atoms with Crippen molar-refractivity contribution in [3.63, 3.8) is 0 Å². The van der Waals surface area contributed by atoms with Gasteiger partial charge in [-0.1, -0.05) is 0 Å². The van der Waals surface area contributed by atoms with Gasteiger partial charge in [0.1, 0.15) is 5.75 Å². The zero-order valence-corrected chi connectivity index (χ0v) is 11.0. The molecule has 0 fully saturated rings. The molecule has 1 heterocycles. The van der Waals surface area contributed by atoms with Crippen LogP contribution in [-0.4, -0.2) is 17.6 Å². The van der Waals surface area contributed by atoms with Crippen molar-refractivity contribution in [2.24, 2.45) is 7.05 Å². The number of nitrogens with zero attached hydrogens (tertiary/aromatic N) is 1. The summed E-state index contributed by atoms with van der Waals surface area (Å²) in [4.78, 5) is 12.0. The van der Waals surface area contributed by atoms with Crippen molar-refractivity contribution in [1.29, 1.82) is 0 Å². The van der Waals surface area contributed by atoms with E-state index in [2.05, 4.69) is 5.32 Å². The Hall–Kier alpha value is -2.43. The number of carbonyl (C=O) groups is 1. The number of methoxy groups -OCH3 is 1. The molecular formula is C14H17N3O2. The Kier molecular flexibility index (Phi) is 3.75. The topological polar surface area (TPSA) is 69.3 Å². The van der Waals surface area contributed by atoms with Crippen molar-refractivity contribution in [2.75, 3.05) is 12.8 Å². The fraction of sp³-hybridized carbons (Fsp3) is 0.214. The van der Waals surface area contributed by atoms with E-state index in [1.165, 1.54) is 0 Å². The van der Waals surface area contributed by atoms with Crippen LogP contribution in [-0.2, 0) is 13.6 Å². The zero-order chi connectivity index (χ0) is 13.8. The van der Waals surface area contributed by atoms with Crippen LogP contribution in [0.15, 0.2) is 36.7 Å². The molecular weight excluding hydrogens is 242 g/mol.